The van der Waals surface area contributed by atoms with Crippen LogP contribution >= 0.6 is 0 Å². The average Bonchev–Trinajstić information content (AvgIpc) is 2.76. The lowest BCUT2D eigenvalue weighted by Crippen LogP contribution is -2.19. The molecule has 0 saturated carbocycles. The van der Waals surface area contributed by atoms with E-state index in [2.05, 4.69) is 0 Å². The van der Waals surface area contributed by atoms with Gasteiger partial charge in [0.1, 0.15) is 23.7 Å². The van der Waals surface area contributed by atoms with Crippen molar-refractivity contribution in [2.45, 2.75) is 13.0 Å². The van der Waals surface area contributed by atoms with E-state index in [1.807, 2.05) is 31.2 Å². The molecule has 16 heavy (non-hydrogen) atoms. The van der Waals surface area contributed by atoms with Gasteiger partial charge < -0.3 is 9.15 Å². The van der Waals surface area contributed by atoms with Gasteiger partial charge in [-0.1, -0.05) is 0 Å². The van der Waals surface area contributed by atoms with Gasteiger partial charge in [0.15, 0.2) is 0 Å². The minimum absolute atomic E-state index is 0.203. The lowest BCUT2D eigenvalue weighted by molar-refractivity contribution is -0.105. The van der Waals surface area contributed by atoms with Crippen LogP contribution < -0.4 is 4.74 Å². The number of benzene rings is 1. The molecule has 1 aromatic heterocycles. The van der Waals surface area contributed by atoms with Gasteiger partial charge in [0.2, 0.25) is 0 Å². The van der Waals surface area contributed by atoms with Crippen molar-refractivity contribution in [1.82, 2.24) is 0 Å². The minimum atomic E-state index is -0.203. The fourth-order valence-electron chi connectivity index (χ4n) is 1.95. The first-order chi connectivity index (χ1) is 7.79. The summed E-state index contributed by atoms with van der Waals surface area (Å²) in [5, 5.41) is 0.950. The van der Waals surface area contributed by atoms with E-state index in [1.165, 1.54) is 0 Å². The summed E-state index contributed by atoms with van der Waals surface area (Å²) in [6, 6.07) is 5.66. The third-order valence-corrected chi connectivity index (χ3v) is 2.84. The number of hydrogen-bond acceptors (Lipinski definition) is 3. The van der Waals surface area contributed by atoms with Crippen LogP contribution in [0.2, 0.25) is 0 Å². The number of aldehydes is 1. The van der Waals surface area contributed by atoms with Crippen molar-refractivity contribution in [2.75, 3.05) is 0 Å². The fraction of sp³-hybridized carbons (Fsp3) is 0.154. The molecule has 3 heteroatoms. The summed E-state index contributed by atoms with van der Waals surface area (Å²) >= 11 is 0. The van der Waals surface area contributed by atoms with Crippen molar-refractivity contribution in [3.8, 4) is 5.75 Å². The molecule has 0 saturated heterocycles. The number of hydrogen-bond donors (Lipinski definition) is 0. The summed E-state index contributed by atoms with van der Waals surface area (Å²) in [7, 11) is 0. The van der Waals surface area contributed by atoms with Crippen molar-refractivity contribution >= 4 is 23.3 Å². The molecular formula is C13H10O3. The predicted octanol–water partition coefficient (Wildman–Crippen LogP) is 2.80. The van der Waals surface area contributed by atoms with E-state index in [4.69, 9.17) is 9.15 Å². The first-order valence-corrected chi connectivity index (χ1v) is 5.13. The highest BCUT2D eigenvalue weighted by atomic mass is 16.5. The molecule has 1 aliphatic rings. The van der Waals surface area contributed by atoms with E-state index in [1.54, 1.807) is 6.26 Å². The van der Waals surface area contributed by atoms with Gasteiger partial charge in [-0.15, -0.1) is 0 Å². The van der Waals surface area contributed by atoms with E-state index >= 15 is 0 Å². The molecule has 3 rings (SSSR count). The standard InChI is InChI=1S/C13H10O3/c1-8-10(7-14)6-9-2-3-12-11(4-5-15-12)13(9)16-8/h2-8H,1H3. The Labute approximate surface area is 92.3 Å². The van der Waals surface area contributed by atoms with Crippen molar-refractivity contribution in [3.05, 3.63) is 35.6 Å². The van der Waals surface area contributed by atoms with Crippen LogP contribution in [0.1, 0.15) is 12.5 Å². The molecule has 0 amide bonds. The van der Waals surface area contributed by atoms with E-state index in [9.17, 15) is 4.79 Å². The van der Waals surface area contributed by atoms with E-state index < -0.39 is 0 Å². The van der Waals surface area contributed by atoms with Crippen molar-refractivity contribution in [3.63, 3.8) is 0 Å². The van der Waals surface area contributed by atoms with E-state index in [0.29, 0.717) is 5.57 Å². The Morgan fingerprint density at radius 1 is 1.31 bits per heavy atom. The van der Waals surface area contributed by atoms with Gasteiger partial charge in [-0.25, -0.2) is 0 Å². The zero-order valence-corrected chi connectivity index (χ0v) is 8.77. The van der Waals surface area contributed by atoms with Crippen LogP contribution in [0.15, 0.2) is 34.5 Å². The van der Waals surface area contributed by atoms with Crippen LogP contribution in [0.4, 0.5) is 0 Å². The van der Waals surface area contributed by atoms with Crippen LogP contribution in [-0.4, -0.2) is 12.4 Å². The SMILES string of the molecule is CC1Oc2c(ccc3occc23)C=C1C=O. The molecule has 0 bridgehead atoms. The molecule has 0 fully saturated rings. The second-order valence-electron chi connectivity index (χ2n) is 3.84. The maximum absolute atomic E-state index is 10.8. The molecule has 0 N–H and O–H groups in total. The first kappa shape index (κ1) is 9.21. The number of ether oxygens (including phenoxy) is 1. The summed E-state index contributed by atoms with van der Waals surface area (Å²) in [5.41, 5.74) is 2.39. The molecule has 80 valence electrons. The number of rotatable bonds is 1. The highest BCUT2D eigenvalue weighted by Gasteiger charge is 2.20. The second kappa shape index (κ2) is 3.23. The molecule has 0 radical (unpaired) electrons. The fourth-order valence-corrected chi connectivity index (χ4v) is 1.95. The molecule has 0 aliphatic carbocycles. The van der Waals surface area contributed by atoms with Crippen molar-refractivity contribution in [1.29, 1.82) is 0 Å². The summed E-state index contributed by atoms with van der Waals surface area (Å²) < 4.78 is 11.0. The lowest BCUT2D eigenvalue weighted by Gasteiger charge is -2.22. The Morgan fingerprint density at radius 3 is 3.00 bits per heavy atom. The molecular weight excluding hydrogens is 204 g/mol. The third-order valence-electron chi connectivity index (χ3n) is 2.84. The Hall–Kier alpha value is -2.03. The van der Waals surface area contributed by atoms with Crippen LogP contribution in [0.5, 0.6) is 5.75 Å². The zero-order valence-electron chi connectivity index (χ0n) is 8.77. The molecule has 1 atom stereocenters. The number of carbonyl (C=O) groups is 1. The third kappa shape index (κ3) is 1.18. The summed E-state index contributed by atoms with van der Waals surface area (Å²) in [6.45, 7) is 1.86. The summed E-state index contributed by atoms with van der Waals surface area (Å²) in [5.74, 6) is 0.796. The monoisotopic (exact) mass is 214 g/mol. The summed E-state index contributed by atoms with van der Waals surface area (Å²) in [4.78, 5) is 10.8. The largest absolute Gasteiger partial charge is 0.485 e. The van der Waals surface area contributed by atoms with Crippen LogP contribution in [0.3, 0.4) is 0 Å². The van der Waals surface area contributed by atoms with Crippen LogP contribution in [0.25, 0.3) is 17.0 Å². The summed E-state index contributed by atoms with van der Waals surface area (Å²) in [6.07, 6.45) is 4.14. The average molecular weight is 214 g/mol. The Bertz CT molecular complexity index is 592. The van der Waals surface area contributed by atoms with Gasteiger partial charge >= 0.3 is 0 Å². The molecule has 2 heterocycles. The van der Waals surface area contributed by atoms with Crippen LogP contribution in [-0.2, 0) is 4.79 Å². The smallest absolute Gasteiger partial charge is 0.149 e. The Balaban J connectivity index is 2.28. The molecule has 0 spiro atoms. The van der Waals surface area contributed by atoms with Crippen molar-refractivity contribution in [2.24, 2.45) is 0 Å². The lowest BCUT2D eigenvalue weighted by atomic mass is 10.0. The molecule has 1 aliphatic heterocycles. The molecule has 1 unspecified atom stereocenters. The zero-order chi connectivity index (χ0) is 11.1. The van der Waals surface area contributed by atoms with Crippen LogP contribution in [0, 0.1) is 0 Å². The van der Waals surface area contributed by atoms with Gasteiger partial charge in [0.25, 0.3) is 0 Å². The van der Waals surface area contributed by atoms with E-state index in [0.717, 1.165) is 28.6 Å². The highest BCUT2D eigenvalue weighted by molar-refractivity contribution is 5.93. The molecule has 1 aromatic carbocycles. The maximum atomic E-state index is 10.8. The number of fused-ring (bicyclic) bond motifs is 3. The maximum Gasteiger partial charge on any atom is 0.149 e. The van der Waals surface area contributed by atoms with Gasteiger partial charge in [0, 0.05) is 11.1 Å². The minimum Gasteiger partial charge on any atom is -0.485 e. The molecule has 2 aromatic rings. The van der Waals surface area contributed by atoms with Gasteiger partial charge in [-0.05, 0) is 31.2 Å². The predicted molar refractivity (Wildman–Crippen MR) is 60.3 cm³/mol. The van der Waals surface area contributed by atoms with Gasteiger partial charge in [-0.3, -0.25) is 4.79 Å². The number of furan rings is 1. The topological polar surface area (TPSA) is 39.4 Å². The first-order valence-electron chi connectivity index (χ1n) is 5.13. The quantitative estimate of drug-likeness (QED) is 0.685. The van der Waals surface area contributed by atoms with Crippen molar-refractivity contribution < 1.29 is 13.9 Å². The normalized spacial score (nSPS) is 18.8. The van der Waals surface area contributed by atoms with Gasteiger partial charge in [-0.2, -0.15) is 0 Å². The Morgan fingerprint density at radius 2 is 2.19 bits per heavy atom. The second-order valence-corrected chi connectivity index (χ2v) is 3.84. The Kier molecular flexibility index (Phi) is 1.86. The van der Waals surface area contributed by atoms with E-state index in [-0.39, 0.29) is 6.10 Å². The number of carbonyl (C=O) groups excluding carboxylic acids is 1. The highest BCUT2D eigenvalue weighted by Crippen LogP contribution is 2.36. The van der Waals surface area contributed by atoms with Gasteiger partial charge in [0.05, 0.1) is 11.6 Å². The molecule has 3 nitrogen and oxygen atoms in total.